The number of fused-ring (bicyclic) bond motifs is 1. The van der Waals surface area contributed by atoms with E-state index < -0.39 is 0 Å². The van der Waals surface area contributed by atoms with Gasteiger partial charge in [0.25, 0.3) is 0 Å². The van der Waals surface area contributed by atoms with E-state index in [0.717, 1.165) is 37.1 Å². The first-order chi connectivity index (χ1) is 9.90. The number of para-hydroxylation sites is 1. The Bertz CT molecular complexity index is 620. The third kappa shape index (κ3) is 2.51. The number of piperazine rings is 1. The SMILES string of the molecule is N#CC[C@H](c1ccnc2ccccc12)N1CCNCC1. The van der Waals surface area contributed by atoms with Crippen molar-refractivity contribution in [2.75, 3.05) is 26.2 Å². The number of hydrogen-bond donors (Lipinski definition) is 1. The molecule has 102 valence electrons. The maximum Gasteiger partial charge on any atom is 0.0705 e. The number of nitrogens with zero attached hydrogens (tertiary/aromatic N) is 3. The zero-order valence-corrected chi connectivity index (χ0v) is 11.4. The molecule has 0 amide bonds. The van der Waals surface area contributed by atoms with E-state index in [2.05, 4.69) is 33.4 Å². The van der Waals surface area contributed by atoms with Crippen LogP contribution in [-0.4, -0.2) is 36.1 Å². The minimum absolute atomic E-state index is 0.162. The van der Waals surface area contributed by atoms with Crippen LogP contribution in [0.15, 0.2) is 36.5 Å². The average Bonchev–Trinajstić information content (AvgIpc) is 2.53. The zero-order valence-electron chi connectivity index (χ0n) is 11.4. The lowest BCUT2D eigenvalue weighted by Crippen LogP contribution is -2.45. The molecule has 2 aromatic rings. The highest BCUT2D eigenvalue weighted by Gasteiger charge is 2.23. The highest BCUT2D eigenvalue weighted by atomic mass is 15.2. The Morgan fingerprint density at radius 2 is 2.05 bits per heavy atom. The molecule has 2 heterocycles. The van der Waals surface area contributed by atoms with Crippen molar-refractivity contribution in [1.82, 2.24) is 15.2 Å². The molecule has 0 radical (unpaired) electrons. The van der Waals surface area contributed by atoms with E-state index in [1.54, 1.807) is 0 Å². The van der Waals surface area contributed by atoms with Crippen molar-refractivity contribution in [3.8, 4) is 6.07 Å². The van der Waals surface area contributed by atoms with Gasteiger partial charge in [-0.15, -0.1) is 0 Å². The van der Waals surface area contributed by atoms with E-state index in [4.69, 9.17) is 0 Å². The van der Waals surface area contributed by atoms with Gasteiger partial charge >= 0.3 is 0 Å². The van der Waals surface area contributed by atoms with Gasteiger partial charge in [0.05, 0.1) is 18.0 Å². The van der Waals surface area contributed by atoms with Crippen molar-refractivity contribution >= 4 is 10.9 Å². The maximum absolute atomic E-state index is 9.19. The van der Waals surface area contributed by atoms with Crippen LogP contribution >= 0.6 is 0 Å². The minimum atomic E-state index is 0.162. The van der Waals surface area contributed by atoms with Crippen molar-refractivity contribution < 1.29 is 0 Å². The van der Waals surface area contributed by atoms with Crippen LogP contribution < -0.4 is 5.32 Å². The summed E-state index contributed by atoms with van der Waals surface area (Å²) in [5.41, 5.74) is 2.22. The van der Waals surface area contributed by atoms with E-state index >= 15 is 0 Å². The summed E-state index contributed by atoms with van der Waals surface area (Å²) in [6, 6.07) is 12.7. The van der Waals surface area contributed by atoms with Gasteiger partial charge in [-0.1, -0.05) is 18.2 Å². The molecule has 20 heavy (non-hydrogen) atoms. The Hall–Kier alpha value is -1.96. The van der Waals surface area contributed by atoms with Gasteiger partial charge in [-0.3, -0.25) is 9.88 Å². The van der Waals surface area contributed by atoms with E-state index in [1.807, 2.05) is 24.4 Å². The van der Waals surface area contributed by atoms with Crippen LogP contribution in [0.3, 0.4) is 0 Å². The summed E-state index contributed by atoms with van der Waals surface area (Å²) in [5.74, 6) is 0. The molecule has 4 nitrogen and oxygen atoms in total. The Balaban J connectivity index is 2.02. The monoisotopic (exact) mass is 266 g/mol. The van der Waals surface area contributed by atoms with Gasteiger partial charge in [-0.25, -0.2) is 0 Å². The predicted molar refractivity (Wildman–Crippen MR) is 79.2 cm³/mol. The van der Waals surface area contributed by atoms with E-state index in [-0.39, 0.29) is 6.04 Å². The second-order valence-electron chi connectivity index (χ2n) is 5.08. The second kappa shape index (κ2) is 6.00. The summed E-state index contributed by atoms with van der Waals surface area (Å²) in [5, 5.41) is 13.7. The van der Waals surface area contributed by atoms with Gasteiger partial charge in [-0.2, -0.15) is 5.26 Å². The molecule has 1 saturated heterocycles. The van der Waals surface area contributed by atoms with Crippen molar-refractivity contribution in [1.29, 1.82) is 5.26 Å². The van der Waals surface area contributed by atoms with Crippen LogP contribution in [0, 0.1) is 11.3 Å². The van der Waals surface area contributed by atoms with Gasteiger partial charge < -0.3 is 5.32 Å². The van der Waals surface area contributed by atoms with E-state index in [1.165, 1.54) is 5.56 Å². The second-order valence-corrected chi connectivity index (χ2v) is 5.08. The molecule has 0 saturated carbocycles. The highest BCUT2D eigenvalue weighted by Crippen LogP contribution is 2.29. The van der Waals surface area contributed by atoms with Crippen molar-refractivity contribution in [3.05, 3.63) is 42.1 Å². The number of nitrogens with one attached hydrogen (secondary N) is 1. The molecule has 1 fully saturated rings. The molecule has 0 aliphatic carbocycles. The molecular formula is C16H18N4. The van der Waals surface area contributed by atoms with Crippen LogP contribution in [0.2, 0.25) is 0 Å². The molecule has 0 spiro atoms. The van der Waals surface area contributed by atoms with Crippen LogP contribution in [0.1, 0.15) is 18.0 Å². The highest BCUT2D eigenvalue weighted by molar-refractivity contribution is 5.82. The smallest absolute Gasteiger partial charge is 0.0705 e. The fraction of sp³-hybridized carbons (Fsp3) is 0.375. The van der Waals surface area contributed by atoms with Crippen molar-refractivity contribution in [3.63, 3.8) is 0 Å². The molecule has 4 heteroatoms. The molecule has 1 aliphatic heterocycles. The molecule has 1 aliphatic rings. The molecule has 1 atom stereocenters. The van der Waals surface area contributed by atoms with Crippen LogP contribution in [0.4, 0.5) is 0 Å². The van der Waals surface area contributed by atoms with Gasteiger partial charge in [0, 0.05) is 43.8 Å². The number of benzene rings is 1. The molecule has 1 N–H and O–H groups in total. The first kappa shape index (κ1) is 13.0. The predicted octanol–water partition coefficient (Wildman–Crippen LogP) is 2.09. The summed E-state index contributed by atoms with van der Waals surface area (Å²) in [4.78, 5) is 6.82. The first-order valence-corrected chi connectivity index (χ1v) is 7.05. The standard InChI is InChI=1S/C16H18N4/c17-7-5-16(20-11-9-18-10-12-20)14-6-8-19-15-4-2-1-3-13(14)15/h1-4,6,8,16,18H,5,9-12H2/t16-/m1/s1. The zero-order chi connectivity index (χ0) is 13.8. The van der Waals surface area contributed by atoms with Crippen molar-refractivity contribution in [2.45, 2.75) is 12.5 Å². The van der Waals surface area contributed by atoms with Gasteiger partial charge in [-0.05, 0) is 17.7 Å². The maximum atomic E-state index is 9.19. The number of hydrogen-bond acceptors (Lipinski definition) is 4. The Kier molecular flexibility index (Phi) is 3.91. The van der Waals surface area contributed by atoms with Gasteiger partial charge in [0.1, 0.15) is 0 Å². The molecule has 1 aromatic carbocycles. The summed E-state index contributed by atoms with van der Waals surface area (Å²) in [7, 11) is 0. The summed E-state index contributed by atoms with van der Waals surface area (Å²) >= 11 is 0. The van der Waals surface area contributed by atoms with Gasteiger partial charge in [0.2, 0.25) is 0 Å². The van der Waals surface area contributed by atoms with Crippen LogP contribution in [0.25, 0.3) is 10.9 Å². The quantitative estimate of drug-likeness (QED) is 0.924. The fourth-order valence-electron chi connectivity index (χ4n) is 2.92. The number of aromatic nitrogens is 1. The van der Waals surface area contributed by atoms with Crippen LogP contribution in [-0.2, 0) is 0 Å². The molecule has 0 unspecified atom stereocenters. The first-order valence-electron chi connectivity index (χ1n) is 7.05. The lowest BCUT2D eigenvalue weighted by Gasteiger charge is -2.34. The molecule has 3 rings (SSSR count). The third-order valence-corrected chi connectivity index (χ3v) is 3.92. The largest absolute Gasteiger partial charge is 0.314 e. The molecular weight excluding hydrogens is 248 g/mol. The molecule has 0 bridgehead atoms. The Labute approximate surface area is 119 Å². The summed E-state index contributed by atoms with van der Waals surface area (Å²) in [6.07, 6.45) is 2.37. The van der Waals surface area contributed by atoms with E-state index in [0.29, 0.717) is 6.42 Å². The number of nitriles is 1. The Morgan fingerprint density at radius 3 is 2.85 bits per heavy atom. The number of pyridine rings is 1. The average molecular weight is 266 g/mol. The summed E-state index contributed by atoms with van der Waals surface area (Å²) in [6.45, 7) is 3.96. The molecule has 1 aromatic heterocycles. The lowest BCUT2D eigenvalue weighted by molar-refractivity contribution is 0.176. The Morgan fingerprint density at radius 1 is 1.25 bits per heavy atom. The topological polar surface area (TPSA) is 52.0 Å². The lowest BCUT2D eigenvalue weighted by atomic mass is 9.98. The summed E-state index contributed by atoms with van der Waals surface area (Å²) < 4.78 is 0. The third-order valence-electron chi connectivity index (χ3n) is 3.92. The normalized spacial score (nSPS) is 17.8. The fourth-order valence-corrected chi connectivity index (χ4v) is 2.92. The van der Waals surface area contributed by atoms with Gasteiger partial charge in [0.15, 0.2) is 0 Å². The minimum Gasteiger partial charge on any atom is -0.314 e. The van der Waals surface area contributed by atoms with Crippen LogP contribution in [0.5, 0.6) is 0 Å². The van der Waals surface area contributed by atoms with E-state index in [9.17, 15) is 5.26 Å². The van der Waals surface area contributed by atoms with Crippen molar-refractivity contribution in [2.24, 2.45) is 0 Å². The number of rotatable bonds is 3.